The maximum atomic E-state index is 11.6. The number of carbonyl (C=O) groups excluding carboxylic acids is 1. The molecule has 0 aromatic rings. The van der Waals surface area contributed by atoms with E-state index in [0.717, 1.165) is 25.8 Å². The smallest absolute Gasteiger partial charge is 0.137 e. The highest BCUT2D eigenvalue weighted by Crippen LogP contribution is 2.41. The lowest BCUT2D eigenvalue weighted by Gasteiger charge is -2.38. The molecular formula is C11H19NO. The number of carbonyl (C=O) groups is 1. The van der Waals surface area contributed by atoms with E-state index in [1.807, 2.05) is 0 Å². The molecule has 1 atom stereocenters. The molecule has 2 rings (SSSR count). The quantitative estimate of drug-likeness (QED) is 0.720. The summed E-state index contributed by atoms with van der Waals surface area (Å²) in [7, 11) is 0. The van der Waals surface area contributed by atoms with E-state index in [1.165, 1.54) is 19.3 Å². The Balaban J connectivity index is 1.87. The van der Waals surface area contributed by atoms with E-state index in [1.54, 1.807) is 0 Å². The average molecular weight is 181 g/mol. The molecule has 2 heteroatoms. The zero-order chi connectivity index (χ0) is 9.31. The van der Waals surface area contributed by atoms with Gasteiger partial charge in [0, 0.05) is 24.4 Å². The Morgan fingerprint density at radius 3 is 2.77 bits per heavy atom. The molecule has 0 radical (unpaired) electrons. The molecule has 0 amide bonds. The molecule has 1 saturated carbocycles. The highest BCUT2D eigenvalue weighted by Gasteiger charge is 2.44. The second-order valence-electron chi connectivity index (χ2n) is 4.63. The average Bonchev–Trinajstić information content (AvgIpc) is 2.47. The minimum atomic E-state index is 0.334. The predicted octanol–water partition coefficient (Wildman–Crippen LogP) is 1.89. The van der Waals surface area contributed by atoms with Crippen LogP contribution in [0.1, 0.15) is 45.4 Å². The van der Waals surface area contributed by atoms with Crippen LogP contribution in [0.4, 0.5) is 0 Å². The van der Waals surface area contributed by atoms with Gasteiger partial charge in [-0.2, -0.15) is 0 Å². The standard InChI is InChI=1S/C11H19NO/c1-2-4-10(13)9-7-11(12-8-9)5-3-6-11/h9,12H,2-8H2,1H3. The summed E-state index contributed by atoms with van der Waals surface area (Å²) in [4.78, 5) is 11.6. The van der Waals surface area contributed by atoms with Gasteiger partial charge in [-0.05, 0) is 32.1 Å². The fraction of sp³-hybridized carbons (Fsp3) is 0.909. The van der Waals surface area contributed by atoms with Crippen LogP contribution in [0.5, 0.6) is 0 Å². The van der Waals surface area contributed by atoms with Crippen molar-refractivity contribution in [1.29, 1.82) is 0 Å². The van der Waals surface area contributed by atoms with Gasteiger partial charge in [0.1, 0.15) is 5.78 Å². The Morgan fingerprint density at radius 2 is 2.31 bits per heavy atom. The number of hydrogen-bond donors (Lipinski definition) is 1. The van der Waals surface area contributed by atoms with Crippen molar-refractivity contribution in [2.24, 2.45) is 5.92 Å². The van der Waals surface area contributed by atoms with Crippen LogP contribution in [0.15, 0.2) is 0 Å². The van der Waals surface area contributed by atoms with E-state index >= 15 is 0 Å². The van der Waals surface area contributed by atoms with Crippen LogP contribution in [-0.2, 0) is 4.79 Å². The first-order valence-electron chi connectivity index (χ1n) is 5.53. The lowest BCUT2D eigenvalue weighted by atomic mass is 9.74. The number of rotatable bonds is 3. The zero-order valence-electron chi connectivity index (χ0n) is 8.44. The Labute approximate surface area is 80.1 Å². The Kier molecular flexibility index (Phi) is 2.41. The van der Waals surface area contributed by atoms with Crippen molar-refractivity contribution in [2.45, 2.75) is 51.0 Å². The van der Waals surface area contributed by atoms with Gasteiger partial charge in [0.2, 0.25) is 0 Å². The van der Waals surface area contributed by atoms with Crippen molar-refractivity contribution in [3.05, 3.63) is 0 Å². The second-order valence-corrected chi connectivity index (χ2v) is 4.63. The molecule has 2 fully saturated rings. The third-order valence-corrected chi connectivity index (χ3v) is 3.62. The van der Waals surface area contributed by atoms with Gasteiger partial charge < -0.3 is 5.32 Å². The van der Waals surface area contributed by atoms with E-state index in [9.17, 15) is 4.79 Å². The summed E-state index contributed by atoms with van der Waals surface area (Å²) in [5.41, 5.74) is 0.397. The monoisotopic (exact) mass is 181 g/mol. The van der Waals surface area contributed by atoms with Gasteiger partial charge in [0.05, 0.1) is 0 Å². The predicted molar refractivity (Wildman–Crippen MR) is 52.6 cm³/mol. The number of hydrogen-bond acceptors (Lipinski definition) is 2. The summed E-state index contributed by atoms with van der Waals surface area (Å²) in [6.07, 6.45) is 6.84. The highest BCUT2D eigenvalue weighted by molar-refractivity contribution is 5.81. The Bertz CT molecular complexity index is 208. The largest absolute Gasteiger partial charge is 0.310 e. The molecule has 0 aromatic carbocycles. The molecule has 1 saturated heterocycles. The topological polar surface area (TPSA) is 29.1 Å². The summed E-state index contributed by atoms with van der Waals surface area (Å²) < 4.78 is 0. The van der Waals surface area contributed by atoms with Gasteiger partial charge in [-0.3, -0.25) is 4.79 Å². The van der Waals surface area contributed by atoms with Gasteiger partial charge in [0.25, 0.3) is 0 Å². The third kappa shape index (κ3) is 1.64. The fourth-order valence-corrected chi connectivity index (χ4v) is 2.62. The van der Waals surface area contributed by atoms with Crippen LogP contribution in [-0.4, -0.2) is 17.9 Å². The van der Waals surface area contributed by atoms with E-state index < -0.39 is 0 Å². The van der Waals surface area contributed by atoms with Crippen LogP contribution in [0.3, 0.4) is 0 Å². The molecule has 0 bridgehead atoms. The van der Waals surface area contributed by atoms with Gasteiger partial charge in [-0.25, -0.2) is 0 Å². The van der Waals surface area contributed by atoms with E-state index in [4.69, 9.17) is 0 Å². The first kappa shape index (κ1) is 9.20. The Morgan fingerprint density at radius 1 is 1.54 bits per heavy atom. The molecule has 1 aliphatic carbocycles. The summed E-state index contributed by atoms with van der Waals surface area (Å²) in [6.45, 7) is 3.03. The van der Waals surface area contributed by atoms with Crippen molar-refractivity contribution in [3.63, 3.8) is 0 Å². The van der Waals surface area contributed by atoms with Gasteiger partial charge in [-0.15, -0.1) is 0 Å². The lowest BCUT2D eigenvalue weighted by Crippen LogP contribution is -2.45. The van der Waals surface area contributed by atoms with Crippen LogP contribution in [0, 0.1) is 5.92 Å². The molecule has 74 valence electrons. The van der Waals surface area contributed by atoms with Crippen LogP contribution < -0.4 is 5.32 Å². The summed E-state index contributed by atoms with van der Waals surface area (Å²) >= 11 is 0. The maximum absolute atomic E-state index is 11.6. The number of nitrogens with one attached hydrogen (secondary N) is 1. The summed E-state index contributed by atoms with van der Waals surface area (Å²) in [5, 5.41) is 3.54. The van der Waals surface area contributed by atoms with Crippen LogP contribution in [0.25, 0.3) is 0 Å². The summed E-state index contributed by atoms with van der Waals surface area (Å²) in [6, 6.07) is 0. The molecule has 1 aliphatic heterocycles. The minimum absolute atomic E-state index is 0.334. The molecule has 2 nitrogen and oxygen atoms in total. The van der Waals surface area contributed by atoms with Crippen molar-refractivity contribution in [2.75, 3.05) is 6.54 Å². The fourth-order valence-electron chi connectivity index (χ4n) is 2.62. The third-order valence-electron chi connectivity index (χ3n) is 3.62. The van der Waals surface area contributed by atoms with Crippen molar-refractivity contribution >= 4 is 5.78 Å². The highest BCUT2D eigenvalue weighted by atomic mass is 16.1. The van der Waals surface area contributed by atoms with E-state index in [0.29, 0.717) is 17.2 Å². The molecule has 1 heterocycles. The normalized spacial score (nSPS) is 30.4. The first-order chi connectivity index (χ1) is 6.26. The first-order valence-corrected chi connectivity index (χ1v) is 5.53. The van der Waals surface area contributed by atoms with Crippen LogP contribution >= 0.6 is 0 Å². The Hall–Kier alpha value is -0.370. The summed E-state index contributed by atoms with van der Waals surface area (Å²) in [5.74, 6) is 0.819. The lowest BCUT2D eigenvalue weighted by molar-refractivity contribution is -0.122. The second kappa shape index (κ2) is 3.41. The molecule has 0 aromatic heterocycles. The van der Waals surface area contributed by atoms with Gasteiger partial charge in [-0.1, -0.05) is 6.92 Å². The SMILES string of the molecule is CCCC(=O)C1CNC2(CCC2)C1. The van der Waals surface area contributed by atoms with Crippen molar-refractivity contribution < 1.29 is 4.79 Å². The van der Waals surface area contributed by atoms with Crippen LogP contribution in [0.2, 0.25) is 0 Å². The van der Waals surface area contributed by atoms with E-state index in [-0.39, 0.29) is 0 Å². The van der Waals surface area contributed by atoms with E-state index in [2.05, 4.69) is 12.2 Å². The maximum Gasteiger partial charge on any atom is 0.137 e. The van der Waals surface area contributed by atoms with Gasteiger partial charge in [0.15, 0.2) is 0 Å². The molecule has 1 N–H and O–H groups in total. The number of ketones is 1. The number of Topliss-reactive ketones (excluding diaryl/α,β-unsaturated/α-hetero) is 1. The zero-order valence-corrected chi connectivity index (χ0v) is 8.44. The van der Waals surface area contributed by atoms with Crippen molar-refractivity contribution in [3.8, 4) is 0 Å². The minimum Gasteiger partial charge on any atom is -0.310 e. The molecule has 2 aliphatic rings. The van der Waals surface area contributed by atoms with Gasteiger partial charge >= 0.3 is 0 Å². The molecule has 1 spiro atoms. The molecule has 1 unspecified atom stereocenters. The molecular weight excluding hydrogens is 162 g/mol. The van der Waals surface area contributed by atoms with Crippen molar-refractivity contribution in [1.82, 2.24) is 5.32 Å². The molecule has 13 heavy (non-hydrogen) atoms.